The molecule has 0 radical (unpaired) electrons. The number of nitrogens with one attached hydrogen (secondary N) is 2. The molecule has 8 heteroatoms. The Hall–Kier alpha value is -3.68. The van der Waals surface area contributed by atoms with Gasteiger partial charge in [0.25, 0.3) is 0 Å². The third kappa shape index (κ3) is 10.4. The van der Waals surface area contributed by atoms with E-state index in [-0.39, 0.29) is 31.5 Å². The van der Waals surface area contributed by atoms with E-state index in [0.717, 1.165) is 11.1 Å². The molecule has 0 aliphatic heterocycles. The molecule has 2 aromatic rings. The van der Waals surface area contributed by atoms with Gasteiger partial charge >= 0.3 is 12.1 Å². The Labute approximate surface area is 206 Å². The van der Waals surface area contributed by atoms with Crippen LogP contribution in [-0.4, -0.2) is 48.5 Å². The van der Waals surface area contributed by atoms with E-state index >= 15 is 0 Å². The molecule has 8 nitrogen and oxygen atoms in total. The summed E-state index contributed by atoms with van der Waals surface area (Å²) in [7, 11) is 1.26. The molecule has 0 saturated carbocycles. The maximum Gasteiger partial charge on any atom is 0.408 e. The van der Waals surface area contributed by atoms with Gasteiger partial charge in [0.05, 0.1) is 13.2 Å². The zero-order valence-corrected chi connectivity index (χ0v) is 20.7. The maximum absolute atomic E-state index is 13.0. The molecule has 0 bridgehead atoms. The predicted molar refractivity (Wildman–Crippen MR) is 132 cm³/mol. The number of alkyl carbamates (subject to hydrolysis) is 1. The lowest BCUT2D eigenvalue weighted by Crippen LogP contribution is -2.46. The molecular formula is C27H34N2O6. The van der Waals surface area contributed by atoms with Gasteiger partial charge in [0, 0.05) is 19.3 Å². The number of hydrogen-bond donors (Lipinski definition) is 2. The van der Waals surface area contributed by atoms with Gasteiger partial charge in [0.15, 0.2) is 5.78 Å². The van der Waals surface area contributed by atoms with Crippen LogP contribution in [0.4, 0.5) is 4.79 Å². The number of benzene rings is 2. The predicted octanol–water partition coefficient (Wildman–Crippen LogP) is 3.37. The van der Waals surface area contributed by atoms with Gasteiger partial charge in [0.1, 0.15) is 11.6 Å². The van der Waals surface area contributed by atoms with Crippen LogP contribution in [0, 0.1) is 0 Å². The quantitative estimate of drug-likeness (QED) is 0.475. The minimum Gasteiger partial charge on any atom is -0.467 e. The zero-order chi connectivity index (χ0) is 25.8. The van der Waals surface area contributed by atoms with Crippen LogP contribution in [0.5, 0.6) is 0 Å². The third-order valence-electron chi connectivity index (χ3n) is 5.06. The highest BCUT2D eigenvalue weighted by Crippen LogP contribution is 2.11. The lowest BCUT2D eigenvalue weighted by molar-refractivity contribution is -0.145. The molecule has 2 aromatic carbocycles. The number of ether oxygens (including phenoxy) is 2. The molecule has 1 unspecified atom stereocenters. The van der Waals surface area contributed by atoms with Gasteiger partial charge in [-0.3, -0.25) is 9.59 Å². The summed E-state index contributed by atoms with van der Waals surface area (Å²) in [4.78, 5) is 50.0. The molecule has 2 rings (SSSR count). The first-order valence-corrected chi connectivity index (χ1v) is 11.5. The summed E-state index contributed by atoms with van der Waals surface area (Å²) in [6.07, 6.45) is -0.422. The van der Waals surface area contributed by atoms with Crippen LogP contribution >= 0.6 is 0 Å². The molecule has 0 fully saturated rings. The Morgan fingerprint density at radius 3 is 1.77 bits per heavy atom. The van der Waals surface area contributed by atoms with Crippen molar-refractivity contribution >= 4 is 23.8 Å². The minimum atomic E-state index is -0.870. The van der Waals surface area contributed by atoms with Crippen LogP contribution in [-0.2, 0) is 36.7 Å². The number of hydrogen-bond acceptors (Lipinski definition) is 6. The number of carbonyl (C=O) groups excluding carboxylic acids is 4. The molecule has 0 heterocycles. The van der Waals surface area contributed by atoms with Crippen molar-refractivity contribution in [1.82, 2.24) is 10.6 Å². The SMILES string of the molecule is COC(=O)[C@H](Cc1ccccc1)NC(=O)CCC(=O)C(Cc1ccccc1)NC(=O)OC(C)(C)C. The summed E-state index contributed by atoms with van der Waals surface area (Å²) in [5.74, 6) is -1.34. The standard InChI is InChI=1S/C27H34N2O6/c1-27(2,3)35-26(33)29-21(17-19-11-7-5-8-12-19)23(30)15-16-24(31)28-22(25(32)34-4)18-20-13-9-6-10-14-20/h5-14,21-22H,15-18H2,1-4H3,(H,28,31)(H,29,33)/t21?,22-/m0/s1. The number of rotatable bonds is 11. The minimum absolute atomic E-state index is 0.113. The molecule has 0 spiro atoms. The fraction of sp³-hybridized carbons (Fsp3) is 0.407. The van der Waals surface area contributed by atoms with E-state index in [1.807, 2.05) is 60.7 Å². The van der Waals surface area contributed by atoms with E-state index in [2.05, 4.69) is 10.6 Å². The highest BCUT2D eigenvalue weighted by atomic mass is 16.6. The molecular weight excluding hydrogens is 448 g/mol. The molecule has 0 aliphatic rings. The Morgan fingerprint density at radius 1 is 0.771 bits per heavy atom. The van der Waals surface area contributed by atoms with Crippen LogP contribution in [0.3, 0.4) is 0 Å². The molecule has 35 heavy (non-hydrogen) atoms. The van der Waals surface area contributed by atoms with Crippen molar-refractivity contribution in [3.63, 3.8) is 0 Å². The Morgan fingerprint density at radius 2 is 1.29 bits per heavy atom. The number of carbonyl (C=O) groups is 4. The largest absolute Gasteiger partial charge is 0.467 e. The van der Waals surface area contributed by atoms with E-state index < -0.39 is 35.7 Å². The molecule has 188 valence electrons. The highest BCUT2D eigenvalue weighted by Gasteiger charge is 2.26. The fourth-order valence-corrected chi connectivity index (χ4v) is 3.41. The monoisotopic (exact) mass is 482 g/mol. The summed E-state index contributed by atoms with van der Waals surface area (Å²) in [6.45, 7) is 5.20. The maximum atomic E-state index is 13.0. The molecule has 0 saturated heterocycles. The summed E-state index contributed by atoms with van der Waals surface area (Å²) in [5, 5.41) is 5.28. The van der Waals surface area contributed by atoms with E-state index in [0.29, 0.717) is 0 Å². The van der Waals surface area contributed by atoms with E-state index in [9.17, 15) is 19.2 Å². The molecule has 2 atom stereocenters. The van der Waals surface area contributed by atoms with Crippen LogP contribution < -0.4 is 10.6 Å². The molecule has 2 N–H and O–H groups in total. The van der Waals surface area contributed by atoms with Gasteiger partial charge in [-0.05, 0) is 38.3 Å². The van der Waals surface area contributed by atoms with Gasteiger partial charge in [-0.15, -0.1) is 0 Å². The third-order valence-corrected chi connectivity index (χ3v) is 5.06. The van der Waals surface area contributed by atoms with Crippen molar-refractivity contribution in [1.29, 1.82) is 0 Å². The first-order chi connectivity index (χ1) is 16.6. The first-order valence-electron chi connectivity index (χ1n) is 11.5. The Kier molecular flexibility index (Phi) is 10.5. The van der Waals surface area contributed by atoms with Gasteiger partial charge in [-0.25, -0.2) is 9.59 Å². The van der Waals surface area contributed by atoms with Crippen molar-refractivity contribution in [2.75, 3.05) is 7.11 Å². The van der Waals surface area contributed by atoms with Crippen LogP contribution in [0.25, 0.3) is 0 Å². The molecule has 0 aliphatic carbocycles. The number of Topliss-reactive ketones (excluding diaryl/α,β-unsaturated/α-hetero) is 1. The molecule has 0 aromatic heterocycles. The van der Waals surface area contributed by atoms with Crippen molar-refractivity contribution < 1.29 is 28.7 Å². The van der Waals surface area contributed by atoms with E-state index in [1.54, 1.807) is 20.8 Å². The Balaban J connectivity index is 2.01. The van der Waals surface area contributed by atoms with Crippen LogP contribution in [0.1, 0.15) is 44.7 Å². The van der Waals surface area contributed by atoms with E-state index in [4.69, 9.17) is 9.47 Å². The number of ketones is 1. The molecule has 2 amide bonds. The summed E-state index contributed by atoms with van der Waals surface area (Å²) >= 11 is 0. The topological polar surface area (TPSA) is 111 Å². The van der Waals surface area contributed by atoms with Crippen LogP contribution in [0.15, 0.2) is 60.7 Å². The number of amides is 2. The normalized spacial score (nSPS) is 12.7. The first kappa shape index (κ1) is 27.6. The second-order valence-electron chi connectivity index (χ2n) is 9.19. The second-order valence-corrected chi connectivity index (χ2v) is 9.19. The highest BCUT2D eigenvalue weighted by molar-refractivity contribution is 5.91. The van der Waals surface area contributed by atoms with Crippen LogP contribution in [0.2, 0.25) is 0 Å². The summed E-state index contributed by atoms with van der Waals surface area (Å²) in [6, 6.07) is 16.8. The van der Waals surface area contributed by atoms with Crippen molar-refractivity contribution in [3.8, 4) is 0 Å². The van der Waals surface area contributed by atoms with Gasteiger partial charge in [-0.2, -0.15) is 0 Å². The number of methoxy groups -OCH3 is 1. The van der Waals surface area contributed by atoms with E-state index in [1.165, 1.54) is 7.11 Å². The van der Waals surface area contributed by atoms with Gasteiger partial charge in [-0.1, -0.05) is 60.7 Å². The average Bonchev–Trinajstić information content (AvgIpc) is 2.81. The average molecular weight is 483 g/mol. The second kappa shape index (κ2) is 13.3. The number of esters is 1. The lowest BCUT2D eigenvalue weighted by Gasteiger charge is -2.23. The van der Waals surface area contributed by atoms with Crippen molar-refractivity contribution in [3.05, 3.63) is 71.8 Å². The van der Waals surface area contributed by atoms with Crippen molar-refractivity contribution in [2.24, 2.45) is 0 Å². The van der Waals surface area contributed by atoms with Crippen molar-refractivity contribution in [2.45, 2.75) is 64.1 Å². The zero-order valence-electron chi connectivity index (χ0n) is 20.7. The van der Waals surface area contributed by atoms with Gasteiger partial charge in [0.2, 0.25) is 5.91 Å². The van der Waals surface area contributed by atoms with Gasteiger partial charge < -0.3 is 20.1 Å². The summed E-state index contributed by atoms with van der Waals surface area (Å²) < 4.78 is 10.1. The lowest BCUT2D eigenvalue weighted by atomic mass is 9.99. The smallest absolute Gasteiger partial charge is 0.408 e. The fourth-order valence-electron chi connectivity index (χ4n) is 3.41. The summed E-state index contributed by atoms with van der Waals surface area (Å²) in [5.41, 5.74) is 1.01. The Bertz CT molecular complexity index is 986.